The summed E-state index contributed by atoms with van der Waals surface area (Å²) < 4.78 is 49.4. The van der Waals surface area contributed by atoms with Crippen LogP contribution in [0.25, 0.3) is 0 Å². The van der Waals surface area contributed by atoms with Gasteiger partial charge in [-0.05, 0) is 67.6 Å². The predicted molar refractivity (Wildman–Crippen MR) is 133 cm³/mol. The van der Waals surface area contributed by atoms with Crippen LogP contribution >= 0.6 is 0 Å². The molecule has 9 nitrogen and oxygen atoms in total. The van der Waals surface area contributed by atoms with Gasteiger partial charge in [-0.1, -0.05) is 0 Å². The molecule has 1 amide bonds. The summed E-state index contributed by atoms with van der Waals surface area (Å²) in [6, 6.07) is 17.5. The Morgan fingerprint density at radius 3 is 2.03 bits per heavy atom. The third kappa shape index (κ3) is 6.15. The minimum absolute atomic E-state index is 0.0557. The van der Waals surface area contributed by atoms with E-state index in [1.54, 1.807) is 48.5 Å². The molecule has 0 aromatic heterocycles. The van der Waals surface area contributed by atoms with Gasteiger partial charge in [0.05, 0.1) is 38.5 Å². The van der Waals surface area contributed by atoms with Crippen LogP contribution in [-0.4, -0.2) is 48.8 Å². The number of anilines is 2. The summed E-state index contributed by atoms with van der Waals surface area (Å²) >= 11 is 0. The molecule has 0 spiro atoms. The number of nitrogens with zero attached hydrogens (tertiary/aromatic N) is 1. The predicted octanol–water partition coefficient (Wildman–Crippen LogP) is 3.95. The maximum absolute atomic E-state index is 13.7. The lowest BCUT2D eigenvalue weighted by atomic mass is 10.3. The summed E-state index contributed by atoms with van der Waals surface area (Å²) in [5.74, 6) is 1.34. The summed E-state index contributed by atoms with van der Waals surface area (Å²) in [5, 5.41) is 2.73. The highest BCUT2D eigenvalue weighted by atomic mass is 32.2. The molecule has 35 heavy (non-hydrogen) atoms. The van der Waals surface area contributed by atoms with Crippen molar-refractivity contribution in [1.82, 2.24) is 0 Å². The fraction of sp³-hybridized carbons (Fsp3) is 0.240. The van der Waals surface area contributed by atoms with Crippen molar-refractivity contribution in [3.8, 4) is 23.0 Å². The Kier molecular flexibility index (Phi) is 8.43. The summed E-state index contributed by atoms with van der Waals surface area (Å²) in [4.78, 5) is 12.9. The quantitative estimate of drug-likeness (QED) is 0.425. The molecule has 3 aromatic rings. The van der Waals surface area contributed by atoms with Gasteiger partial charge in [0.1, 0.15) is 18.0 Å². The third-order valence-electron chi connectivity index (χ3n) is 5.04. The molecule has 3 rings (SSSR count). The van der Waals surface area contributed by atoms with Crippen molar-refractivity contribution in [2.75, 3.05) is 44.1 Å². The first kappa shape index (κ1) is 25.7. The highest BCUT2D eigenvalue weighted by Crippen LogP contribution is 2.32. The number of carbonyl (C=O) groups is 1. The lowest BCUT2D eigenvalue weighted by Crippen LogP contribution is -2.38. The first-order valence-corrected chi connectivity index (χ1v) is 12.2. The zero-order valence-corrected chi connectivity index (χ0v) is 20.8. The van der Waals surface area contributed by atoms with Gasteiger partial charge in [-0.2, -0.15) is 0 Å². The summed E-state index contributed by atoms with van der Waals surface area (Å²) in [6.07, 6.45) is 0. The maximum Gasteiger partial charge on any atom is 0.264 e. The normalized spacial score (nSPS) is 10.9. The van der Waals surface area contributed by atoms with Crippen LogP contribution in [-0.2, 0) is 14.8 Å². The summed E-state index contributed by atoms with van der Waals surface area (Å²) in [7, 11) is 0.230. The van der Waals surface area contributed by atoms with Crippen LogP contribution in [0.4, 0.5) is 11.4 Å². The van der Waals surface area contributed by atoms with E-state index in [9.17, 15) is 13.2 Å². The second kappa shape index (κ2) is 11.5. The Morgan fingerprint density at radius 1 is 0.829 bits per heavy atom. The second-order valence-electron chi connectivity index (χ2n) is 7.23. The lowest BCUT2D eigenvalue weighted by molar-refractivity contribution is -0.114. The molecular weight excluding hydrogens is 472 g/mol. The van der Waals surface area contributed by atoms with Gasteiger partial charge < -0.3 is 24.3 Å². The number of hydrogen-bond donors (Lipinski definition) is 1. The average molecular weight is 501 g/mol. The lowest BCUT2D eigenvalue weighted by Gasteiger charge is -2.24. The monoisotopic (exact) mass is 500 g/mol. The third-order valence-corrected chi connectivity index (χ3v) is 6.81. The molecule has 0 fully saturated rings. The summed E-state index contributed by atoms with van der Waals surface area (Å²) in [5.41, 5.74) is 0.805. The van der Waals surface area contributed by atoms with Crippen LogP contribution in [0.15, 0.2) is 71.6 Å². The van der Waals surface area contributed by atoms with Crippen LogP contribution in [0.3, 0.4) is 0 Å². The van der Waals surface area contributed by atoms with E-state index in [0.29, 0.717) is 35.2 Å². The van der Waals surface area contributed by atoms with E-state index < -0.39 is 22.5 Å². The average Bonchev–Trinajstić information content (AvgIpc) is 2.88. The van der Waals surface area contributed by atoms with Crippen molar-refractivity contribution in [3.05, 3.63) is 66.7 Å². The number of sulfonamides is 1. The van der Waals surface area contributed by atoms with Gasteiger partial charge in [0.15, 0.2) is 11.5 Å². The molecule has 0 bridgehead atoms. The molecular formula is C25H28N2O7S. The van der Waals surface area contributed by atoms with Gasteiger partial charge in [-0.15, -0.1) is 0 Å². The fourth-order valence-electron chi connectivity index (χ4n) is 3.30. The largest absolute Gasteiger partial charge is 0.497 e. The molecule has 0 aliphatic rings. The van der Waals surface area contributed by atoms with Crippen LogP contribution in [0.1, 0.15) is 6.92 Å². The van der Waals surface area contributed by atoms with E-state index in [0.717, 1.165) is 4.31 Å². The molecule has 0 atom stereocenters. The number of carbonyl (C=O) groups excluding carboxylic acids is 1. The Morgan fingerprint density at radius 2 is 1.46 bits per heavy atom. The zero-order valence-electron chi connectivity index (χ0n) is 20.0. The molecule has 10 heteroatoms. The molecule has 0 saturated carbocycles. The maximum atomic E-state index is 13.7. The summed E-state index contributed by atoms with van der Waals surface area (Å²) in [6.45, 7) is 1.94. The van der Waals surface area contributed by atoms with E-state index in [1.165, 1.54) is 39.5 Å². The molecule has 0 saturated heterocycles. The topological polar surface area (TPSA) is 103 Å². The highest BCUT2D eigenvalue weighted by molar-refractivity contribution is 7.92. The Bertz CT molecular complexity index is 1240. The van der Waals surface area contributed by atoms with Gasteiger partial charge in [0, 0.05) is 11.8 Å². The van der Waals surface area contributed by atoms with Gasteiger partial charge in [-0.25, -0.2) is 8.42 Å². The van der Waals surface area contributed by atoms with Gasteiger partial charge >= 0.3 is 0 Å². The number of methoxy groups -OCH3 is 3. The van der Waals surface area contributed by atoms with Gasteiger partial charge in [-0.3, -0.25) is 9.10 Å². The number of nitrogens with one attached hydrogen (secondary N) is 1. The van der Waals surface area contributed by atoms with Gasteiger partial charge in [0.2, 0.25) is 5.91 Å². The van der Waals surface area contributed by atoms with Crippen molar-refractivity contribution in [2.24, 2.45) is 0 Å². The minimum Gasteiger partial charge on any atom is -0.497 e. The van der Waals surface area contributed by atoms with E-state index in [4.69, 9.17) is 18.9 Å². The van der Waals surface area contributed by atoms with E-state index in [2.05, 4.69) is 5.32 Å². The van der Waals surface area contributed by atoms with Crippen molar-refractivity contribution < 1.29 is 32.2 Å². The minimum atomic E-state index is -4.16. The van der Waals surface area contributed by atoms with Crippen molar-refractivity contribution in [3.63, 3.8) is 0 Å². The smallest absolute Gasteiger partial charge is 0.264 e. The van der Waals surface area contributed by atoms with Crippen molar-refractivity contribution >= 4 is 27.3 Å². The van der Waals surface area contributed by atoms with Crippen LogP contribution in [0, 0.1) is 0 Å². The second-order valence-corrected chi connectivity index (χ2v) is 9.09. The molecule has 0 heterocycles. The fourth-order valence-corrected chi connectivity index (χ4v) is 4.74. The number of ether oxygens (including phenoxy) is 4. The first-order valence-electron chi connectivity index (χ1n) is 10.7. The molecule has 0 radical (unpaired) electrons. The first-order chi connectivity index (χ1) is 16.8. The highest BCUT2D eigenvalue weighted by Gasteiger charge is 2.28. The van der Waals surface area contributed by atoms with E-state index in [1.807, 2.05) is 6.92 Å². The SMILES string of the molecule is CCOc1ccc(NC(=O)CN(c2ccc(OC)cc2)S(=O)(=O)c2ccc(OC)c(OC)c2)cc1. The Labute approximate surface area is 205 Å². The van der Waals surface area contributed by atoms with E-state index >= 15 is 0 Å². The van der Waals surface area contributed by atoms with Crippen molar-refractivity contribution in [2.45, 2.75) is 11.8 Å². The number of amides is 1. The molecule has 1 N–H and O–H groups in total. The Hall–Kier alpha value is -3.92. The molecule has 0 aliphatic heterocycles. The van der Waals surface area contributed by atoms with Crippen molar-refractivity contribution in [1.29, 1.82) is 0 Å². The zero-order chi connectivity index (χ0) is 25.4. The molecule has 0 aliphatic carbocycles. The number of hydrogen-bond acceptors (Lipinski definition) is 7. The van der Waals surface area contributed by atoms with E-state index in [-0.39, 0.29) is 10.6 Å². The standard InChI is InChI=1S/C25H28N2O7S/c1-5-34-21-10-6-18(7-11-21)26-25(28)17-27(19-8-12-20(31-2)13-9-19)35(29,30)22-14-15-23(32-3)24(16-22)33-4/h6-16H,5,17H2,1-4H3,(H,26,28). The number of benzene rings is 3. The van der Waals surface area contributed by atoms with Crippen LogP contribution in [0.2, 0.25) is 0 Å². The van der Waals surface area contributed by atoms with Crippen LogP contribution in [0.5, 0.6) is 23.0 Å². The number of rotatable bonds is 11. The Balaban J connectivity index is 1.93. The van der Waals surface area contributed by atoms with Gasteiger partial charge in [0.25, 0.3) is 10.0 Å². The molecule has 186 valence electrons. The molecule has 3 aromatic carbocycles. The molecule has 0 unspecified atom stereocenters. The van der Waals surface area contributed by atoms with Crippen LogP contribution < -0.4 is 28.6 Å².